The topological polar surface area (TPSA) is 66.2 Å². The molecule has 1 heterocycles. The lowest BCUT2D eigenvalue weighted by Gasteiger charge is -1.85. The predicted molar refractivity (Wildman–Crippen MR) is 70.0 cm³/mol. The molecular formula is C13H10ClNO3. The molecule has 0 unspecified atom stereocenters. The SMILES string of the molecule is O=c1[nH]c2ccc(Cl)cc2o1.Oc1ccccc1. The third-order valence-electron chi connectivity index (χ3n) is 2.14. The van der Waals surface area contributed by atoms with E-state index in [1.54, 1.807) is 42.5 Å². The second kappa shape index (κ2) is 5.42. The van der Waals surface area contributed by atoms with Crippen LogP contribution in [0.5, 0.6) is 5.75 Å². The van der Waals surface area contributed by atoms with E-state index in [1.807, 2.05) is 6.07 Å². The van der Waals surface area contributed by atoms with Crippen LogP contribution >= 0.6 is 11.6 Å². The van der Waals surface area contributed by atoms with Crippen LogP contribution in [0.15, 0.2) is 57.7 Å². The fourth-order valence-electron chi connectivity index (χ4n) is 1.35. The van der Waals surface area contributed by atoms with Gasteiger partial charge in [0.15, 0.2) is 5.58 Å². The van der Waals surface area contributed by atoms with Gasteiger partial charge in [-0.25, -0.2) is 4.79 Å². The molecule has 3 rings (SSSR count). The van der Waals surface area contributed by atoms with Gasteiger partial charge in [0.25, 0.3) is 0 Å². The maximum absolute atomic E-state index is 10.6. The molecule has 0 bridgehead atoms. The van der Waals surface area contributed by atoms with Gasteiger partial charge in [0.05, 0.1) is 5.52 Å². The molecule has 1 aromatic heterocycles. The molecule has 2 aromatic carbocycles. The minimum atomic E-state index is -0.456. The van der Waals surface area contributed by atoms with Gasteiger partial charge in [-0.15, -0.1) is 0 Å². The minimum absolute atomic E-state index is 0.322. The van der Waals surface area contributed by atoms with Crippen molar-refractivity contribution in [3.63, 3.8) is 0 Å². The number of para-hydroxylation sites is 1. The molecule has 0 atom stereocenters. The zero-order valence-electron chi connectivity index (χ0n) is 9.26. The highest BCUT2D eigenvalue weighted by Crippen LogP contribution is 2.15. The van der Waals surface area contributed by atoms with E-state index in [2.05, 4.69) is 4.98 Å². The van der Waals surface area contributed by atoms with Crippen LogP contribution in [0, 0.1) is 0 Å². The molecule has 0 aliphatic carbocycles. The molecule has 0 aliphatic heterocycles. The number of phenolic OH excluding ortho intramolecular Hbond substituents is 1. The molecule has 0 fully saturated rings. The van der Waals surface area contributed by atoms with Crippen LogP contribution in [0.1, 0.15) is 0 Å². The van der Waals surface area contributed by atoms with Crippen molar-refractivity contribution >= 4 is 22.7 Å². The van der Waals surface area contributed by atoms with Crippen LogP contribution in [0.2, 0.25) is 5.02 Å². The number of hydrogen-bond donors (Lipinski definition) is 2. The van der Waals surface area contributed by atoms with Gasteiger partial charge < -0.3 is 9.52 Å². The number of aromatic amines is 1. The smallest absolute Gasteiger partial charge is 0.417 e. The molecule has 18 heavy (non-hydrogen) atoms. The van der Waals surface area contributed by atoms with E-state index >= 15 is 0 Å². The zero-order chi connectivity index (χ0) is 13.0. The Kier molecular flexibility index (Phi) is 3.69. The summed E-state index contributed by atoms with van der Waals surface area (Å²) in [6.07, 6.45) is 0. The Balaban J connectivity index is 0.000000149. The molecule has 5 heteroatoms. The maximum atomic E-state index is 10.6. The number of nitrogens with one attached hydrogen (secondary N) is 1. The third kappa shape index (κ3) is 3.15. The summed E-state index contributed by atoms with van der Waals surface area (Å²) < 4.78 is 4.75. The van der Waals surface area contributed by atoms with Crippen LogP contribution in [-0.4, -0.2) is 10.1 Å². The maximum Gasteiger partial charge on any atom is 0.417 e. The fourth-order valence-corrected chi connectivity index (χ4v) is 1.51. The Morgan fingerprint density at radius 1 is 1.11 bits per heavy atom. The molecular weight excluding hydrogens is 254 g/mol. The highest BCUT2D eigenvalue weighted by Gasteiger charge is 1.99. The quantitative estimate of drug-likeness (QED) is 0.655. The van der Waals surface area contributed by atoms with Gasteiger partial charge in [-0.3, -0.25) is 4.98 Å². The fraction of sp³-hybridized carbons (Fsp3) is 0. The molecule has 4 nitrogen and oxygen atoms in total. The number of halogens is 1. The molecule has 92 valence electrons. The lowest BCUT2D eigenvalue weighted by Crippen LogP contribution is -1.92. The van der Waals surface area contributed by atoms with Crippen molar-refractivity contribution in [1.82, 2.24) is 4.98 Å². The van der Waals surface area contributed by atoms with Crippen LogP contribution in [0.3, 0.4) is 0 Å². The second-order valence-electron chi connectivity index (χ2n) is 3.49. The van der Waals surface area contributed by atoms with Gasteiger partial charge in [-0.2, -0.15) is 0 Å². The van der Waals surface area contributed by atoms with E-state index in [4.69, 9.17) is 21.1 Å². The van der Waals surface area contributed by atoms with Crippen LogP contribution in [0.25, 0.3) is 11.1 Å². The minimum Gasteiger partial charge on any atom is -0.508 e. The Bertz CT molecular complexity index is 688. The number of benzene rings is 2. The standard InChI is InChI=1S/C7H4ClNO2.C6H6O/c8-4-1-2-5-6(3-4)11-7(10)9-5;7-6-4-2-1-3-5-6/h1-3H,(H,9,10);1-5,7H. The van der Waals surface area contributed by atoms with Gasteiger partial charge in [0.1, 0.15) is 5.75 Å². The number of hydrogen-bond acceptors (Lipinski definition) is 3. The lowest BCUT2D eigenvalue weighted by atomic mass is 10.3. The summed E-state index contributed by atoms with van der Waals surface area (Å²) in [7, 11) is 0. The van der Waals surface area contributed by atoms with E-state index in [0.717, 1.165) is 0 Å². The van der Waals surface area contributed by atoms with E-state index in [1.165, 1.54) is 0 Å². The summed E-state index contributed by atoms with van der Waals surface area (Å²) in [5, 5.41) is 9.19. The molecule has 0 saturated carbocycles. The van der Waals surface area contributed by atoms with Crippen molar-refractivity contribution in [2.45, 2.75) is 0 Å². The number of fused-ring (bicyclic) bond motifs is 1. The van der Waals surface area contributed by atoms with Crippen molar-refractivity contribution in [3.8, 4) is 5.75 Å². The normalized spacial score (nSPS) is 9.83. The van der Waals surface area contributed by atoms with Gasteiger partial charge in [0.2, 0.25) is 0 Å². The zero-order valence-corrected chi connectivity index (χ0v) is 10.0. The Labute approximate surface area is 107 Å². The van der Waals surface area contributed by atoms with E-state index in [-0.39, 0.29) is 0 Å². The highest BCUT2D eigenvalue weighted by atomic mass is 35.5. The second-order valence-corrected chi connectivity index (χ2v) is 3.93. The number of H-pyrrole nitrogens is 1. The first kappa shape index (κ1) is 12.3. The molecule has 0 spiro atoms. The average Bonchev–Trinajstić information content (AvgIpc) is 2.70. The van der Waals surface area contributed by atoms with Crippen molar-refractivity contribution in [3.05, 3.63) is 64.1 Å². The van der Waals surface area contributed by atoms with Gasteiger partial charge >= 0.3 is 5.76 Å². The van der Waals surface area contributed by atoms with Gasteiger partial charge in [0, 0.05) is 11.1 Å². The molecule has 0 amide bonds. The number of phenols is 1. The van der Waals surface area contributed by atoms with Gasteiger partial charge in [-0.1, -0.05) is 29.8 Å². The van der Waals surface area contributed by atoms with Crippen molar-refractivity contribution in [2.75, 3.05) is 0 Å². The third-order valence-corrected chi connectivity index (χ3v) is 2.37. The van der Waals surface area contributed by atoms with E-state index in [0.29, 0.717) is 21.9 Å². The average molecular weight is 264 g/mol. The Morgan fingerprint density at radius 3 is 2.44 bits per heavy atom. The van der Waals surface area contributed by atoms with Crippen LogP contribution in [0.4, 0.5) is 0 Å². The predicted octanol–water partition coefficient (Wildman–Crippen LogP) is 3.17. The van der Waals surface area contributed by atoms with Crippen LogP contribution in [-0.2, 0) is 0 Å². The highest BCUT2D eigenvalue weighted by molar-refractivity contribution is 6.31. The summed E-state index contributed by atoms with van der Waals surface area (Å²) in [6, 6.07) is 13.7. The van der Waals surface area contributed by atoms with Crippen molar-refractivity contribution in [1.29, 1.82) is 0 Å². The first-order valence-electron chi connectivity index (χ1n) is 5.17. The summed E-state index contributed by atoms with van der Waals surface area (Å²) in [6.45, 7) is 0. The van der Waals surface area contributed by atoms with Crippen LogP contribution < -0.4 is 5.76 Å². The number of aromatic hydroxyl groups is 1. The molecule has 0 radical (unpaired) electrons. The van der Waals surface area contributed by atoms with E-state index < -0.39 is 5.76 Å². The molecule has 3 aromatic rings. The van der Waals surface area contributed by atoms with Crippen molar-refractivity contribution in [2.24, 2.45) is 0 Å². The summed E-state index contributed by atoms with van der Waals surface area (Å²) in [5.74, 6) is -0.134. The summed E-state index contributed by atoms with van der Waals surface area (Å²) >= 11 is 5.65. The Morgan fingerprint density at radius 2 is 1.83 bits per heavy atom. The Hall–Kier alpha value is -2.20. The number of oxazole rings is 1. The summed E-state index contributed by atoms with van der Waals surface area (Å²) in [4.78, 5) is 13.1. The molecule has 0 aliphatic rings. The first-order valence-corrected chi connectivity index (χ1v) is 5.55. The number of aromatic nitrogens is 1. The largest absolute Gasteiger partial charge is 0.508 e. The van der Waals surface area contributed by atoms with Crippen molar-refractivity contribution < 1.29 is 9.52 Å². The summed E-state index contributed by atoms with van der Waals surface area (Å²) in [5.41, 5.74) is 1.15. The number of rotatable bonds is 0. The monoisotopic (exact) mass is 263 g/mol. The van der Waals surface area contributed by atoms with E-state index in [9.17, 15) is 4.79 Å². The van der Waals surface area contributed by atoms with Gasteiger partial charge in [-0.05, 0) is 24.3 Å². The molecule has 0 saturated heterocycles. The first-order chi connectivity index (χ1) is 8.65. The lowest BCUT2D eigenvalue weighted by molar-refractivity contribution is 0.475. The molecule has 2 N–H and O–H groups in total.